The van der Waals surface area contributed by atoms with Crippen LogP contribution >= 0.6 is 23.5 Å². The molecule has 2 heterocycles. The molecule has 1 N–H and O–H groups in total. The summed E-state index contributed by atoms with van der Waals surface area (Å²) in [5, 5.41) is 5.03. The summed E-state index contributed by atoms with van der Waals surface area (Å²) in [4.78, 5) is 20.5. The van der Waals surface area contributed by atoms with Gasteiger partial charge >= 0.3 is 0 Å². The van der Waals surface area contributed by atoms with Gasteiger partial charge < -0.3 is 5.32 Å². The van der Waals surface area contributed by atoms with Crippen LogP contribution in [0.5, 0.6) is 0 Å². The fraction of sp³-hybridized carbons (Fsp3) is 0.111. The van der Waals surface area contributed by atoms with Gasteiger partial charge in [-0.3, -0.25) is 0 Å². The molecule has 0 aliphatic heterocycles. The van der Waals surface area contributed by atoms with Gasteiger partial charge in [-0.15, -0.1) is 0 Å². The molecule has 0 bridgehead atoms. The zero-order valence-corrected chi connectivity index (χ0v) is 20.3. The Morgan fingerprint density at radius 2 is 1.62 bits per heavy atom. The number of aromatic nitrogens is 4. The van der Waals surface area contributed by atoms with Crippen LogP contribution in [0.25, 0.3) is 11.0 Å². The first-order chi connectivity index (χ1) is 16.8. The maximum atomic E-state index is 4.67. The van der Waals surface area contributed by atoms with E-state index in [0.29, 0.717) is 16.6 Å². The second kappa shape index (κ2) is 10.7. The van der Waals surface area contributed by atoms with Crippen molar-refractivity contribution >= 4 is 46.1 Å². The number of hydrogen-bond acceptors (Lipinski definition) is 7. The third-order valence-corrected chi connectivity index (χ3v) is 7.27. The van der Waals surface area contributed by atoms with Crippen molar-refractivity contribution in [1.82, 2.24) is 19.9 Å². The second-order valence-electron chi connectivity index (χ2n) is 7.61. The Hall–Kier alpha value is -3.42. The molecule has 0 aliphatic carbocycles. The number of nitrogens with zero attached hydrogens (tertiary/aromatic N) is 4. The minimum Gasteiger partial charge on any atom is -0.339 e. The summed E-state index contributed by atoms with van der Waals surface area (Å²) in [5.74, 6) is 1.51. The lowest BCUT2D eigenvalue weighted by atomic mass is 10.1. The second-order valence-corrected chi connectivity index (χ2v) is 9.67. The van der Waals surface area contributed by atoms with Crippen LogP contribution in [0.15, 0.2) is 106 Å². The average molecular weight is 482 g/mol. The molecule has 0 radical (unpaired) electrons. The van der Waals surface area contributed by atoms with Gasteiger partial charge in [-0.2, -0.15) is 0 Å². The summed E-state index contributed by atoms with van der Waals surface area (Å²) >= 11 is 3.32. The van der Waals surface area contributed by atoms with Crippen molar-refractivity contribution in [3.05, 3.63) is 103 Å². The summed E-state index contributed by atoms with van der Waals surface area (Å²) in [6.07, 6.45) is 4.32. The zero-order valence-electron chi connectivity index (χ0n) is 18.7. The maximum Gasteiger partial charge on any atom is 0.189 e. The van der Waals surface area contributed by atoms with Gasteiger partial charge in [-0.25, -0.2) is 19.9 Å². The molecule has 5 aromatic rings. The smallest absolute Gasteiger partial charge is 0.189 e. The minimum atomic E-state index is 0.631. The minimum absolute atomic E-state index is 0.631. The number of rotatable bonds is 8. The van der Waals surface area contributed by atoms with Crippen LogP contribution in [0.3, 0.4) is 0 Å². The predicted molar refractivity (Wildman–Crippen MR) is 141 cm³/mol. The van der Waals surface area contributed by atoms with E-state index in [4.69, 9.17) is 0 Å². The number of benzene rings is 3. The Morgan fingerprint density at radius 3 is 2.41 bits per heavy atom. The van der Waals surface area contributed by atoms with Crippen molar-refractivity contribution in [3.8, 4) is 0 Å². The first-order valence-corrected chi connectivity index (χ1v) is 12.9. The number of fused-ring (bicyclic) bond motifs is 1. The third kappa shape index (κ3) is 5.38. The van der Waals surface area contributed by atoms with E-state index in [0.717, 1.165) is 28.1 Å². The number of hydrogen-bond donors (Lipinski definition) is 1. The van der Waals surface area contributed by atoms with Crippen LogP contribution in [0.4, 0.5) is 11.5 Å². The molecular weight excluding hydrogens is 458 g/mol. The van der Waals surface area contributed by atoms with Gasteiger partial charge in [-0.05, 0) is 41.8 Å². The molecule has 3 aromatic carbocycles. The van der Waals surface area contributed by atoms with Crippen molar-refractivity contribution in [2.45, 2.75) is 34.0 Å². The summed E-state index contributed by atoms with van der Waals surface area (Å²) in [6.45, 7) is 2.16. The fourth-order valence-electron chi connectivity index (χ4n) is 3.45. The van der Waals surface area contributed by atoms with E-state index in [1.807, 2.05) is 30.5 Å². The van der Waals surface area contributed by atoms with E-state index in [2.05, 4.69) is 86.8 Å². The molecule has 0 atom stereocenters. The van der Waals surface area contributed by atoms with Crippen LogP contribution in [-0.2, 0) is 12.2 Å². The highest BCUT2D eigenvalue weighted by molar-refractivity contribution is 7.99. The zero-order chi connectivity index (χ0) is 23.2. The number of anilines is 2. The molecule has 0 unspecified atom stereocenters. The lowest BCUT2D eigenvalue weighted by Gasteiger charge is -2.14. The van der Waals surface area contributed by atoms with Crippen molar-refractivity contribution in [2.75, 3.05) is 5.32 Å². The molecule has 5 rings (SSSR count). The van der Waals surface area contributed by atoms with Crippen molar-refractivity contribution < 1.29 is 0 Å². The van der Waals surface area contributed by atoms with Crippen molar-refractivity contribution in [1.29, 1.82) is 0 Å². The SMILES string of the molecule is CCc1ccc(Sc2ccccc2)c(Nc2ncnc3nc(SCc4ccccc4)ncc23)c1. The third-order valence-electron chi connectivity index (χ3n) is 5.26. The molecular formula is C27H23N5S2. The molecule has 168 valence electrons. The standard InChI is InChI=1S/C27H23N5S2/c1-2-19-13-14-24(34-21-11-7-4-8-12-21)23(15-19)31-25-22-16-28-27(32-26(22)30-18-29-25)33-17-20-9-5-3-6-10-20/h3-16,18H,2,17H2,1H3,(H,28,29,30,31,32). The Labute approximate surface area is 207 Å². The highest BCUT2D eigenvalue weighted by Gasteiger charge is 2.12. The van der Waals surface area contributed by atoms with Crippen LogP contribution in [0.1, 0.15) is 18.1 Å². The van der Waals surface area contributed by atoms with Gasteiger partial charge in [-0.1, -0.05) is 85.0 Å². The highest BCUT2D eigenvalue weighted by atomic mass is 32.2. The maximum absolute atomic E-state index is 4.67. The molecule has 0 saturated heterocycles. The molecule has 0 fully saturated rings. The summed E-state index contributed by atoms with van der Waals surface area (Å²) in [7, 11) is 0. The molecule has 5 nitrogen and oxygen atoms in total. The quantitative estimate of drug-likeness (QED) is 0.186. The molecule has 0 aliphatic rings. The summed E-state index contributed by atoms with van der Waals surface area (Å²) < 4.78 is 0. The summed E-state index contributed by atoms with van der Waals surface area (Å²) in [5.41, 5.74) is 4.14. The highest BCUT2D eigenvalue weighted by Crippen LogP contribution is 2.36. The topological polar surface area (TPSA) is 63.6 Å². The molecule has 7 heteroatoms. The Morgan fingerprint density at radius 1 is 0.824 bits per heavy atom. The number of nitrogens with one attached hydrogen (secondary N) is 1. The summed E-state index contributed by atoms with van der Waals surface area (Å²) in [6, 6.07) is 27.2. The van der Waals surface area contributed by atoms with Crippen LogP contribution in [0, 0.1) is 0 Å². The number of thioether (sulfide) groups is 1. The van der Waals surface area contributed by atoms with Crippen LogP contribution in [0.2, 0.25) is 0 Å². The molecule has 2 aromatic heterocycles. The Kier molecular flexibility index (Phi) is 7.02. The Balaban J connectivity index is 1.42. The van der Waals surface area contributed by atoms with Crippen molar-refractivity contribution in [2.24, 2.45) is 0 Å². The fourth-order valence-corrected chi connectivity index (χ4v) is 5.12. The van der Waals surface area contributed by atoms with Gasteiger partial charge in [0.25, 0.3) is 0 Å². The van der Waals surface area contributed by atoms with Gasteiger partial charge in [0.15, 0.2) is 10.8 Å². The van der Waals surface area contributed by atoms with E-state index >= 15 is 0 Å². The predicted octanol–water partition coefficient (Wildman–Crippen LogP) is 7.17. The number of aryl methyl sites for hydroxylation is 1. The van der Waals surface area contributed by atoms with Crippen molar-refractivity contribution in [3.63, 3.8) is 0 Å². The van der Waals surface area contributed by atoms with Crippen LogP contribution in [-0.4, -0.2) is 19.9 Å². The monoisotopic (exact) mass is 481 g/mol. The molecule has 0 saturated carbocycles. The van der Waals surface area contributed by atoms with E-state index in [1.165, 1.54) is 16.0 Å². The van der Waals surface area contributed by atoms with E-state index in [1.54, 1.807) is 29.9 Å². The largest absolute Gasteiger partial charge is 0.339 e. The van der Waals surface area contributed by atoms with Gasteiger partial charge in [0.05, 0.1) is 11.1 Å². The van der Waals surface area contributed by atoms with Crippen LogP contribution < -0.4 is 5.32 Å². The first-order valence-electron chi connectivity index (χ1n) is 11.1. The molecule has 0 spiro atoms. The van der Waals surface area contributed by atoms with Gasteiger partial charge in [0.1, 0.15) is 12.1 Å². The first kappa shape index (κ1) is 22.4. The lowest BCUT2D eigenvalue weighted by Crippen LogP contribution is -2.00. The molecule has 34 heavy (non-hydrogen) atoms. The average Bonchev–Trinajstić information content (AvgIpc) is 2.89. The Bertz CT molecular complexity index is 1390. The lowest BCUT2D eigenvalue weighted by molar-refractivity contribution is 0.980. The normalized spacial score (nSPS) is 11.0. The van der Waals surface area contributed by atoms with E-state index in [-0.39, 0.29) is 0 Å². The van der Waals surface area contributed by atoms with E-state index in [9.17, 15) is 0 Å². The van der Waals surface area contributed by atoms with Gasteiger partial charge in [0, 0.05) is 21.7 Å². The molecule has 0 amide bonds. The van der Waals surface area contributed by atoms with Gasteiger partial charge in [0.2, 0.25) is 0 Å². The van der Waals surface area contributed by atoms with E-state index < -0.39 is 0 Å².